The molecule has 5 heteroatoms. The van der Waals surface area contributed by atoms with Crippen LogP contribution in [0.5, 0.6) is 5.75 Å². The van der Waals surface area contributed by atoms with E-state index in [1.54, 1.807) is 0 Å². The molecule has 1 saturated heterocycles. The Morgan fingerprint density at radius 2 is 1.71 bits per heavy atom. The molecular weight excluding hydrogens is 350 g/mol. The summed E-state index contributed by atoms with van der Waals surface area (Å²) in [5, 5.41) is 3.03. The molecule has 0 spiro atoms. The Labute approximate surface area is 168 Å². The Balaban J connectivity index is 1.46. The van der Waals surface area contributed by atoms with E-state index in [1.165, 1.54) is 6.42 Å². The van der Waals surface area contributed by atoms with Crippen molar-refractivity contribution in [3.8, 4) is 5.75 Å². The van der Waals surface area contributed by atoms with Gasteiger partial charge in [-0.1, -0.05) is 37.3 Å². The van der Waals surface area contributed by atoms with E-state index in [0.29, 0.717) is 6.61 Å². The van der Waals surface area contributed by atoms with Crippen molar-refractivity contribution in [3.63, 3.8) is 0 Å². The van der Waals surface area contributed by atoms with Crippen molar-refractivity contribution in [1.82, 2.24) is 9.80 Å². The molecule has 28 heavy (non-hydrogen) atoms. The van der Waals surface area contributed by atoms with Gasteiger partial charge in [0.1, 0.15) is 12.4 Å². The van der Waals surface area contributed by atoms with Crippen LogP contribution in [0.2, 0.25) is 0 Å². The zero-order chi connectivity index (χ0) is 19.8. The fraction of sp³-hybridized carbons (Fsp3) is 0.435. The lowest BCUT2D eigenvalue weighted by Crippen LogP contribution is -2.52. The van der Waals surface area contributed by atoms with Crippen LogP contribution >= 0.6 is 0 Å². The number of hydrogen-bond acceptors (Lipinski definition) is 4. The first-order valence-corrected chi connectivity index (χ1v) is 10.2. The van der Waals surface area contributed by atoms with Gasteiger partial charge in [-0.05, 0) is 49.7 Å². The lowest BCUT2D eigenvalue weighted by atomic mass is 10.2. The quantitative estimate of drug-likeness (QED) is 0.759. The lowest BCUT2D eigenvalue weighted by molar-refractivity contribution is -0.121. The van der Waals surface area contributed by atoms with Crippen LogP contribution in [0, 0.1) is 0 Å². The fourth-order valence-electron chi connectivity index (χ4n) is 3.48. The zero-order valence-corrected chi connectivity index (χ0v) is 16.9. The minimum absolute atomic E-state index is 0.0434. The molecule has 1 aliphatic rings. The SMILES string of the molecule is CCCN1CCN(C(C)C(=O)Nc2ccc(OCc3ccccc3)cc2)CC1. The molecular formula is C23H31N3O2. The van der Waals surface area contributed by atoms with E-state index < -0.39 is 0 Å². The van der Waals surface area contributed by atoms with E-state index in [9.17, 15) is 4.79 Å². The summed E-state index contributed by atoms with van der Waals surface area (Å²) in [6.07, 6.45) is 1.18. The van der Waals surface area contributed by atoms with Gasteiger partial charge in [0, 0.05) is 31.9 Å². The maximum Gasteiger partial charge on any atom is 0.241 e. The number of carbonyl (C=O) groups is 1. The van der Waals surface area contributed by atoms with E-state index in [-0.39, 0.29) is 11.9 Å². The van der Waals surface area contributed by atoms with Crippen molar-refractivity contribution in [3.05, 3.63) is 60.2 Å². The van der Waals surface area contributed by atoms with Gasteiger partial charge in [-0.2, -0.15) is 0 Å². The second-order valence-electron chi connectivity index (χ2n) is 7.34. The highest BCUT2D eigenvalue weighted by Gasteiger charge is 2.25. The number of hydrogen-bond donors (Lipinski definition) is 1. The molecule has 2 aromatic carbocycles. The number of piperazine rings is 1. The number of amides is 1. The highest BCUT2D eigenvalue weighted by Crippen LogP contribution is 2.18. The largest absolute Gasteiger partial charge is 0.489 e. The maximum absolute atomic E-state index is 12.6. The minimum atomic E-state index is -0.127. The van der Waals surface area contributed by atoms with E-state index in [2.05, 4.69) is 22.0 Å². The van der Waals surface area contributed by atoms with Gasteiger partial charge in [0.2, 0.25) is 5.91 Å². The predicted octanol–water partition coefficient (Wildman–Crippen LogP) is 3.62. The van der Waals surface area contributed by atoms with Crippen molar-refractivity contribution in [2.75, 3.05) is 38.0 Å². The molecule has 5 nitrogen and oxygen atoms in total. The monoisotopic (exact) mass is 381 g/mol. The number of nitrogens with zero attached hydrogens (tertiary/aromatic N) is 2. The summed E-state index contributed by atoms with van der Waals surface area (Å²) in [5.41, 5.74) is 1.93. The van der Waals surface area contributed by atoms with Gasteiger partial charge >= 0.3 is 0 Å². The van der Waals surface area contributed by atoms with Crippen molar-refractivity contribution in [2.24, 2.45) is 0 Å². The molecule has 1 fully saturated rings. The number of anilines is 1. The second-order valence-corrected chi connectivity index (χ2v) is 7.34. The van der Waals surface area contributed by atoms with Gasteiger partial charge in [0.25, 0.3) is 0 Å². The van der Waals surface area contributed by atoms with Crippen LogP contribution in [-0.2, 0) is 11.4 Å². The predicted molar refractivity (Wildman–Crippen MR) is 114 cm³/mol. The molecule has 0 bridgehead atoms. The summed E-state index contributed by atoms with van der Waals surface area (Å²) in [7, 11) is 0. The van der Waals surface area contributed by atoms with Gasteiger partial charge in [-0.25, -0.2) is 0 Å². The van der Waals surface area contributed by atoms with Crippen molar-refractivity contribution in [2.45, 2.75) is 32.9 Å². The molecule has 2 aromatic rings. The highest BCUT2D eigenvalue weighted by atomic mass is 16.5. The number of ether oxygens (including phenoxy) is 1. The Morgan fingerprint density at radius 3 is 2.36 bits per heavy atom. The standard InChI is InChI=1S/C23H31N3O2/c1-3-13-25-14-16-26(17-15-25)19(2)23(27)24-21-9-11-22(12-10-21)28-18-20-7-5-4-6-8-20/h4-12,19H,3,13-18H2,1-2H3,(H,24,27). The molecule has 3 rings (SSSR count). The third kappa shape index (κ3) is 5.81. The van der Waals surface area contributed by atoms with Crippen molar-refractivity contribution in [1.29, 1.82) is 0 Å². The van der Waals surface area contributed by atoms with Crippen LogP contribution in [0.4, 0.5) is 5.69 Å². The number of nitrogens with one attached hydrogen (secondary N) is 1. The number of benzene rings is 2. The van der Waals surface area contributed by atoms with Crippen molar-refractivity contribution >= 4 is 11.6 Å². The Hall–Kier alpha value is -2.37. The lowest BCUT2D eigenvalue weighted by Gasteiger charge is -2.37. The first-order valence-electron chi connectivity index (χ1n) is 10.2. The number of carbonyl (C=O) groups excluding carboxylic acids is 1. The van der Waals surface area contributed by atoms with Gasteiger partial charge in [-0.15, -0.1) is 0 Å². The molecule has 1 unspecified atom stereocenters. The Morgan fingerprint density at radius 1 is 1.04 bits per heavy atom. The molecule has 1 atom stereocenters. The molecule has 0 aromatic heterocycles. The first-order chi connectivity index (χ1) is 13.7. The molecule has 1 N–H and O–H groups in total. The van der Waals surface area contributed by atoms with Gasteiger partial charge in [-0.3, -0.25) is 9.69 Å². The topological polar surface area (TPSA) is 44.8 Å². The maximum atomic E-state index is 12.6. The minimum Gasteiger partial charge on any atom is -0.489 e. The third-order valence-electron chi connectivity index (χ3n) is 5.24. The molecule has 1 heterocycles. The Bertz CT molecular complexity index is 725. The third-order valence-corrected chi connectivity index (χ3v) is 5.24. The molecule has 0 radical (unpaired) electrons. The smallest absolute Gasteiger partial charge is 0.241 e. The summed E-state index contributed by atoms with van der Waals surface area (Å²) < 4.78 is 5.80. The van der Waals surface area contributed by atoms with Crippen LogP contribution in [-0.4, -0.2) is 54.5 Å². The summed E-state index contributed by atoms with van der Waals surface area (Å²) in [6.45, 7) is 9.85. The average molecular weight is 382 g/mol. The van der Waals surface area contributed by atoms with E-state index in [0.717, 1.165) is 49.7 Å². The molecule has 0 aliphatic carbocycles. The van der Waals surface area contributed by atoms with Crippen LogP contribution < -0.4 is 10.1 Å². The van der Waals surface area contributed by atoms with Gasteiger partial charge in [0.15, 0.2) is 0 Å². The molecule has 0 saturated carbocycles. The van der Waals surface area contributed by atoms with Crippen LogP contribution in [0.1, 0.15) is 25.8 Å². The van der Waals surface area contributed by atoms with E-state index in [4.69, 9.17) is 4.74 Å². The van der Waals surface area contributed by atoms with Crippen LogP contribution in [0.15, 0.2) is 54.6 Å². The summed E-state index contributed by atoms with van der Waals surface area (Å²) in [4.78, 5) is 17.3. The van der Waals surface area contributed by atoms with E-state index in [1.807, 2.05) is 61.5 Å². The van der Waals surface area contributed by atoms with Crippen LogP contribution in [0.25, 0.3) is 0 Å². The fourth-order valence-corrected chi connectivity index (χ4v) is 3.48. The normalized spacial score (nSPS) is 16.5. The van der Waals surface area contributed by atoms with Gasteiger partial charge in [0.05, 0.1) is 6.04 Å². The van der Waals surface area contributed by atoms with Crippen LogP contribution in [0.3, 0.4) is 0 Å². The molecule has 1 amide bonds. The number of rotatable bonds is 8. The highest BCUT2D eigenvalue weighted by molar-refractivity contribution is 5.94. The first kappa shape index (κ1) is 20.4. The summed E-state index contributed by atoms with van der Waals surface area (Å²) in [6, 6.07) is 17.5. The molecule has 1 aliphatic heterocycles. The van der Waals surface area contributed by atoms with E-state index >= 15 is 0 Å². The summed E-state index contributed by atoms with van der Waals surface area (Å²) >= 11 is 0. The second kappa shape index (κ2) is 10.2. The van der Waals surface area contributed by atoms with Crippen molar-refractivity contribution < 1.29 is 9.53 Å². The molecule has 150 valence electrons. The van der Waals surface area contributed by atoms with Gasteiger partial charge < -0.3 is 15.0 Å². The zero-order valence-electron chi connectivity index (χ0n) is 16.9. The average Bonchev–Trinajstić information content (AvgIpc) is 2.74. The summed E-state index contributed by atoms with van der Waals surface area (Å²) in [5.74, 6) is 0.837. The Kier molecular flexibility index (Phi) is 7.46.